The number of nitrogens with one attached hydrogen (secondary N) is 2. The van der Waals surface area contributed by atoms with Crippen molar-refractivity contribution in [2.24, 2.45) is 0 Å². The molecule has 0 bridgehead atoms. The zero-order chi connectivity index (χ0) is 24.4. The highest BCUT2D eigenvalue weighted by atomic mass is 33.1. The highest BCUT2D eigenvalue weighted by molar-refractivity contribution is 8.76. The highest BCUT2D eigenvalue weighted by Crippen LogP contribution is 2.23. The molecule has 34 heavy (non-hydrogen) atoms. The number of hydrogen-bond donors (Lipinski definition) is 2. The Morgan fingerprint density at radius 2 is 0.941 bits per heavy atom. The van der Waals surface area contributed by atoms with E-state index in [9.17, 15) is 0 Å². The number of hydrogen-bond acceptors (Lipinski definition) is 6. The number of para-hydroxylation sites is 2. The van der Waals surface area contributed by atoms with Gasteiger partial charge in [0.15, 0.2) is 0 Å². The maximum absolute atomic E-state index is 5.97. The second kappa shape index (κ2) is 18.0. The van der Waals surface area contributed by atoms with E-state index in [4.69, 9.17) is 9.47 Å². The van der Waals surface area contributed by atoms with E-state index >= 15 is 0 Å². The van der Waals surface area contributed by atoms with E-state index in [1.165, 1.54) is 22.3 Å². The summed E-state index contributed by atoms with van der Waals surface area (Å²) in [6, 6.07) is 12.6. The quantitative estimate of drug-likeness (QED) is 0.168. The third kappa shape index (κ3) is 11.9. The molecule has 0 fully saturated rings. The van der Waals surface area contributed by atoms with Gasteiger partial charge < -0.3 is 20.1 Å². The monoisotopic (exact) mass is 504 g/mol. The second-order valence-corrected chi connectivity index (χ2v) is 11.4. The van der Waals surface area contributed by atoms with Gasteiger partial charge >= 0.3 is 0 Å². The SMILES string of the molecule is Cc1cccc(C)c1OCCCCNCCSSCCNCCCCOc1c(C)cccc1C. The molecule has 0 saturated heterocycles. The van der Waals surface area contributed by atoms with Gasteiger partial charge in [-0.15, -0.1) is 0 Å². The minimum atomic E-state index is 0.796. The fourth-order valence-electron chi connectivity index (χ4n) is 3.70. The third-order valence-corrected chi connectivity index (χ3v) is 8.02. The van der Waals surface area contributed by atoms with Gasteiger partial charge in [0.25, 0.3) is 0 Å². The Bertz CT molecular complexity index is 709. The molecule has 190 valence electrons. The smallest absolute Gasteiger partial charge is 0.125 e. The number of ether oxygens (including phenoxy) is 2. The van der Waals surface area contributed by atoms with Crippen LogP contribution in [0.3, 0.4) is 0 Å². The molecule has 0 spiro atoms. The van der Waals surface area contributed by atoms with Crippen molar-refractivity contribution >= 4 is 21.6 Å². The molecule has 0 aliphatic carbocycles. The minimum Gasteiger partial charge on any atom is -0.493 e. The van der Waals surface area contributed by atoms with Crippen molar-refractivity contribution < 1.29 is 9.47 Å². The maximum Gasteiger partial charge on any atom is 0.125 e. The van der Waals surface area contributed by atoms with Crippen LogP contribution >= 0.6 is 21.6 Å². The molecule has 0 aromatic heterocycles. The van der Waals surface area contributed by atoms with Crippen LogP contribution in [0.4, 0.5) is 0 Å². The van der Waals surface area contributed by atoms with E-state index in [-0.39, 0.29) is 0 Å². The predicted octanol–water partition coefficient (Wildman–Crippen LogP) is 6.50. The van der Waals surface area contributed by atoms with Crippen LogP contribution in [0.1, 0.15) is 47.9 Å². The first-order valence-electron chi connectivity index (χ1n) is 12.6. The van der Waals surface area contributed by atoms with E-state index in [1.54, 1.807) is 0 Å². The lowest BCUT2D eigenvalue weighted by Gasteiger charge is -2.12. The molecule has 0 unspecified atom stereocenters. The highest BCUT2D eigenvalue weighted by Gasteiger charge is 2.03. The predicted molar refractivity (Wildman–Crippen MR) is 152 cm³/mol. The second-order valence-electron chi connectivity index (χ2n) is 8.70. The molecule has 0 saturated carbocycles. The fraction of sp³-hybridized carbons (Fsp3) is 0.571. The van der Waals surface area contributed by atoms with Gasteiger partial charge in [0.1, 0.15) is 11.5 Å². The molecule has 2 rings (SSSR count). The molecule has 0 heterocycles. The van der Waals surface area contributed by atoms with Crippen LogP contribution in [0.2, 0.25) is 0 Å². The normalized spacial score (nSPS) is 11.1. The number of aryl methyl sites for hydroxylation is 4. The first-order valence-corrected chi connectivity index (χ1v) is 15.1. The van der Waals surface area contributed by atoms with Gasteiger partial charge in [-0.1, -0.05) is 58.0 Å². The molecule has 4 nitrogen and oxygen atoms in total. The number of benzene rings is 2. The van der Waals surface area contributed by atoms with Gasteiger partial charge in [0.05, 0.1) is 13.2 Å². The first-order chi connectivity index (χ1) is 16.6. The van der Waals surface area contributed by atoms with Gasteiger partial charge in [0, 0.05) is 24.6 Å². The summed E-state index contributed by atoms with van der Waals surface area (Å²) in [5.41, 5.74) is 4.89. The molecule has 0 amide bonds. The number of rotatable bonds is 19. The Morgan fingerprint density at radius 1 is 0.559 bits per heavy atom. The standard InChI is InChI=1S/C28H44N2O2S2/c1-23-11-9-12-24(2)27(23)31-19-7-5-15-29-17-21-33-34-22-18-30-16-6-8-20-32-28-25(3)13-10-14-26(28)4/h9-14,29-30H,5-8,15-22H2,1-4H3. The van der Waals surface area contributed by atoms with Gasteiger partial charge in [-0.3, -0.25) is 0 Å². The van der Waals surface area contributed by atoms with Crippen LogP contribution in [0.25, 0.3) is 0 Å². The topological polar surface area (TPSA) is 42.5 Å². The van der Waals surface area contributed by atoms with E-state index in [2.05, 4.69) is 74.7 Å². The molecule has 0 radical (unpaired) electrons. The van der Waals surface area contributed by atoms with Crippen LogP contribution in [-0.2, 0) is 0 Å². The van der Waals surface area contributed by atoms with Crippen molar-refractivity contribution in [3.63, 3.8) is 0 Å². The van der Waals surface area contributed by atoms with Crippen LogP contribution in [0, 0.1) is 27.7 Å². The molecule has 0 aliphatic rings. The Morgan fingerprint density at radius 3 is 1.32 bits per heavy atom. The van der Waals surface area contributed by atoms with Crippen molar-refractivity contribution in [3.05, 3.63) is 58.7 Å². The van der Waals surface area contributed by atoms with Crippen LogP contribution in [0.15, 0.2) is 36.4 Å². The lowest BCUT2D eigenvalue weighted by molar-refractivity contribution is 0.302. The van der Waals surface area contributed by atoms with Crippen molar-refractivity contribution in [1.29, 1.82) is 0 Å². The summed E-state index contributed by atoms with van der Waals surface area (Å²) in [5.74, 6) is 4.42. The zero-order valence-corrected chi connectivity index (χ0v) is 23.2. The van der Waals surface area contributed by atoms with Crippen LogP contribution in [0.5, 0.6) is 11.5 Å². The van der Waals surface area contributed by atoms with Crippen molar-refractivity contribution in [1.82, 2.24) is 10.6 Å². The summed E-state index contributed by atoms with van der Waals surface area (Å²) >= 11 is 0. The maximum atomic E-state index is 5.97. The Kier molecular flexibility index (Phi) is 15.3. The Hall–Kier alpha value is -1.34. The molecule has 0 atom stereocenters. The molecule has 2 aromatic rings. The average Bonchev–Trinajstić information content (AvgIpc) is 2.81. The fourth-order valence-corrected chi connectivity index (χ4v) is 5.60. The number of unbranched alkanes of at least 4 members (excludes halogenated alkanes) is 2. The van der Waals surface area contributed by atoms with Crippen LogP contribution < -0.4 is 20.1 Å². The van der Waals surface area contributed by atoms with E-state index in [1.807, 2.05) is 21.6 Å². The lowest BCUT2D eigenvalue weighted by Crippen LogP contribution is -2.19. The zero-order valence-electron chi connectivity index (χ0n) is 21.6. The summed E-state index contributed by atoms with van der Waals surface area (Å²) in [6.45, 7) is 14.3. The molecular weight excluding hydrogens is 460 g/mol. The molecule has 6 heteroatoms. The van der Waals surface area contributed by atoms with Crippen molar-refractivity contribution in [2.75, 3.05) is 50.9 Å². The summed E-state index contributed by atoms with van der Waals surface area (Å²) in [7, 11) is 3.93. The molecule has 2 aromatic carbocycles. The van der Waals surface area contributed by atoms with Gasteiger partial charge in [0.2, 0.25) is 0 Å². The van der Waals surface area contributed by atoms with Gasteiger partial charge in [-0.2, -0.15) is 0 Å². The van der Waals surface area contributed by atoms with Crippen molar-refractivity contribution in [3.8, 4) is 11.5 Å². The summed E-state index contributed by atoms with van der Waals surface area (Å²) in [4.78, 5) is 0. The van der Waals surface area contributed by atoms with E-state index in [0.717, 1.165) is 88.1 Å². The molecular formula is C28H44N2O2S2. The first kappa shape index (κ1) is 28.9. The lowest BCUT2D eigenvalue weighted by atomic mass is 10.1. The third-order valence-electron chi connectivity index (χ3n) is 5.61. The average molecular weight is 505 g/mol. The Labute approximate surface area is 215 Å². The summed E-state index contributed by atoms with van der Waals surface area (Å²) in [5, 5.41) is 7.08. The Balaban J connectivity index is 1.30. The van der Waals surface area contributed by atoms with Crippen molar-refractivity contribution in [2.45, 2.75) is 53.4 Å². The van der Waals surface area contributed by atoms with E-state index in [0.29, 0.717) is 0 Å². The van der Waals surface area contributed by atoms with Gasteiger partial charge in [-0.05, 0) is 88.7 Å². The minimum absolute atomic E-state index is 0.796. The summed E-state index contributed by atoms with van der Waals surface area (Å²) in [6.07, 6.45) is 4.49. The van der Waals surface area contributed by atoms with Gasteiger partial charge in [-0.25, -0.2) is 0 Å². The molecule has 2 N–H and O–H groups in total. The van der Waals surface area contributed by atoms with E-state index < -0.39 is 0 Å². The summed E-state index contributed by atoms with van der Waals surface area (Å²) < 4.78 is 11.9. The largest absolute Gasteiger partial charge is 0.493 e. The van der Waals surface area contributed by atoms with Crippen LogP contribution in [-0.4, -0.2) is 50.9 Å². The molecule has 0 aliphatic heterocycles.